The summed E-state index contributed by atoms with van der Waals surface area (Å²) in [5, 5.41) is 7.91. The number of allylic oxidation sites excluding steroid dienone is 4. The zero-order chi connectivity index (χ0) is 32.7. The molecule has 1 unspecified atom stereocenters. The lowest BCUT2D eigenvalue weighted by atomic mass is 9.79. The zero-order valence-corrected chi connectivity index (χ0v) is 27.7. The van der Waals surface area contributed by atoms with Crippen LogP contribution in [-0.2, 0) is 5.41 Å². The summed E-state index contributed by atoms with van der Waals surface area (Å²) in [5.41, 5.74) is 14.3. The van der Waals surface area contributed by atoms with E-state index in [-0.39, 0.29) is 5.41 Å². The third-order valence-electron chi connectivity index (χ3n) is 11.2. The van der Waals surface area contributed by atoms with Crippen LogP contribution < -0.4 is 0 Å². The molecule has 0 radical (unpaired) electrons. The summed E-state index contributed by atoms with van der Waals surface area (Å²) in [5.74, 6) is 0.354. The molecule has 8 aromatic rings. The number of fused-ring (bicyclic) bond motifs is 3. The first kappa shape index (κ1) is 28.2. The smallest absolute Gasteiger partial charge is 0.0701 e. The predicted molar refractivity (Wildman–Crippen MR) is 207 cm³/mol. The molecule has 7 aromatic carbocycles. The molecule has 1 heterocycles. The maximum absolute atomic E-state index is 4.58. The summed E-state index contributed by atoms with van der Waals surface area (Å²) in [6, 6.07) is 49.5. The van der Waals surface area contributed by atoms with E-state index < -0.39 is 0 Å². The van der Waals surface area contributed by atoms with Crippen molar-refractivity contribution in [3.8, 4) is 33.5 Å². The van der Waals surface area contributed by atoms with Crippen LogP contribution in [0.4, 0.5) is 0 Å². The molecule has 1 nitrogen and oxygen atoms in total. The van der Waals surface area contributed by atoms with Crippen LogP contribution in [0, 0.1) is 0 Å². The third kappa shape index (κ3) is 4.28. The number of hydrogen-bond donors (Lipinski definition) is 0. The van der Waals surface area contributed by atoms with Crippen molar-refractivity contribution in [2.24, 2.45) is 0 Å². The van der Waals surface area contributed by atoms with Crippen molar-refractivity contribution in [3.05, 3.63) is 180 Å². The molecule has 0 fully saturated rings. The number of pyridine rings is 1. The Labute approximate surface area is 287 Å². The number of aromatic nitrogens is 1. The fraction of sp³-hybridized carbons (Fsp3) is 0.104. The van der Waals surface area contributed by atoms with Crippen molar-refractivity contribution in [1.82, 2.24) is 4.98 Å². The molecule has 2 aliphatic carbocycles. The fourth-order valence-electron chi connectivity index (χ4n) is 8.68. The van der Waals surface area contributed by atoms with Crippen LogP contribution in [0.15, 0.2) is 158 Å². The molecule has 1 atom stereocenters. The van der Waals surface area contributed by atoms with Gasteiger partial charge in [-0.15, -0.1) is 0 Å². The minimum atomic E-state index is 0.00917. The number of hydrogen-bond acceptors (Lipinski definition) is 1. The summed E-state index contributed by atoms with van der Waals surface area (Å²) < 4.78 is 0. The lowest BCUT2D eigenvalue weighted by Crippen LogP contribution is -2.15. The Hall–Kier alpha value is -5.79. The largest absolute Gasteiger partial charge is 0.256 e. The summed E-state index contributed by atoms with van der Waals surface area (Å²) in [4.78, 5) is 4.58. The summed E-state index contributed by atoms with van der Waals surface area (Å²) in [7, 11) is 0. The second-order valence-corrected chi connectivity index (χ2v) is 14.3. The summed E-state index contributed by atoms with van der Waals surface area (Å²) >= 11 is 0. The minimum Gasteiger partial charge on any atom is -0.256 e. The average molecular weight is 626 g/mol. The first-order valence-corrected chi connectivity index (χ1v) is 17.4. The highest BCUT2D eigenvalue weighted by Crippen LogP contribution is 2.50. The number of benzene rings is 7. The highest BCUT2D eigenvalue weighted by atomic mass is 14.7. The molecular formula is C48H35N. The van der Waals surface area contributed by atoms with E-state index >= 15 is 0 Å². The Morgan fingerprint density at radius 1 is 0.571 bits per heavy atom. The van der Waals surface area contributed by atoms with Crippen LogP contribution in [0.5, 0.6) is 0 Å². The van der Waals surface area contributed by atoms with Crippen molar-refractivity contribution in [1.29, 1.82) is 0 Å². The Balaban J connectivity index is 1.07. The van der Waals surface area contributed by atoms with Crippen LogP contribution in [0.25, 0.3) is 71.4 Å². The van der Waals surface area contributed by atoms with Crippen molar-refractivity contribution < 1.29 is 0 Å². The third-order valence-corrected chi connectivity index (χ3v) is 11.2. The average Bonchev–Trinajstić information content (AvgIpc) is 3.39. The first-order chi connectivity index (χ1) is 24.0. The van der Waals surface area contributed by atoms with E-state index in [1.54, 1.807) is 0 Å². The van der Waals surface area contributed by atoms with Crippen molar-refractivity contribution >= 4 is 37.9 Å². The van der Waals surface area contributed by atoms with Crippen molar-refractivity contribution in [2.45, 2.75) is 31.6 Å². The Morgan fingerprint density at radius 3 is 2.06 bits per heavy atom. The van der Waals surface area contributed by atoms with Crippen LogP contribution in [0.3, 0.4) is 0 Å². The topological polar surface area (TPSA) is 12.9 Å². The zero-order valence-electron chi connectivity index (χ0n) is 27.7. The molecule has 0 saturated heterocycles. The maximum atomic E-state index is 4.58. The van der Waals surface area contributed by atoms with Crippen molar-refractivity contribution in [3.63, 3.8) is 0 Å². The van der Waals surface area contributed by atoms with Crippen LogP contribution in [0.2, 0.25) is 0 Å². The standard InChI is InChI=1S/C48H35N/c1-48(2)43-11-4-3-10-37(43)38-24-23-36(28-44(38)48)30-13-15-31(16-14-30)41-29-42(32-17-19-33(20-18-32)45-12-5-6-27-49-45)40-26-22-35-9-7-8-34-21-25-39(41)47(40)46(34)35/h3-13,15-30H,14H2,1-2H3. The molecule has 0 aliphatic heterocycles. The van der Waals surface area contributed by atoms with Crippen molar-refractivity contribution in [2.75, 3.05) is 0 Å². The van der Waals surface area contributed by atoms with Crippen LogP contribution in [0.1, 0.15) is 48.4 Å². The van der Waals surface area contributed by atoms with Crippen LogP contribution >= 0.6 is 0 Å². The highest BCUT2D eigenvalue weighted by Gasteiger charge is 2.35. The van der Waals surface area contributed by atoms with E-state index in [4.69, 9.17) is 0 Å². The first-order valence-electron chi connectivity index (χ1n) is 17.4. The molecule has 10 rings (SSSR count). The molecule has 0 spiro atoms. The molecule has 0 bridgehead atoms. The van der Waals surface area contributed by atoms with Gasteiger partial charge in [0.2, 0.25) is 0 Å². The second-order valence-electron chi connectivity index (χ2n) is 14.3. The molecular weight excluding hydrogens is 591 g/mol. The van der Waals surface area contributed by atoms with E-state index in [1.165, 1.54) is 82.4 Å². The lowest BCUT2D eigenvalue weighted by molar-refractivity contribution is 0.658. The number of nitrogens with zero attached hydrogens (tertiary/aromatic N) is 1. The molecule has 49 heavy (non-hydrogen) atoms. The predicted octanol–water partition coefficient (Wildman–Crippen LogP) is 12.7. The van der Waals surface area contributed by atoms with Gasteiger partial charge < -0.3 is 0 Å². The van der Waals surface area contributed by atoms with Gasteiger partial charge in [0, 0.05) is 23.1 Å². The monoisotopic (exact) mass is 625 g/mol. The summed E-state index contributed by atoms with van der Waals surface area (Å²) in [6.07, 6.45) is 10.1. The van der Waals surface area contributed by atoms with Gasteiger partial charge in [-0.3, -0.25) is 4.98 Å². The highest BCUT2D eigenvalue weighted by molar-refractivity contribution is 6.27. The molecule has 2 aliphatic rings. The molecule has 0 N–H and O–H groups in total. The van der Waals surface area contributed by atoms with Gasteiger partial charge in [-0.2, -0.15) is 0 Å². The molecule has 0 saturated carbocycles. The quantitative estimate of drug-likeness (QED) is 0.177. The van der Waals surface area contributed by atoms with Crippen LogP contribution in [-0.4, -0.2) is 4.98 Å². The minimum absolute atomic E-state index is 0.00917. The summed E-state index contributed by atoms with van der Waals surface area (Å²) in [6.45, 7) is 4.74. The Bertz CT molecular complexity index is 2620. The van der Waals surface area contributed by atoms with E-state index in [0.717, 1.165) is 17.7 Å². The maximum Gasteiger partial charge on any atom is 0.0701 e. The van der Waals surface area contributed by atoms with Gasteiger partial charge in [0.25, 0.3) is 0 Å². The van der Waals surface area contributed by atoms with Gasteiger partial charge in [0.15, 0.2) is 0 Å². The molecule has 232 valence electrons. The van der Waals surface area contributed by atoms with E-state index in [1.807, 2.05) is 18.3 Å². The Kier molecular flexibility index (Phi) is 6.11. The van der Waals surface area contributed by atoms with Gasteiger partial charge in [-0.1, -0.05) is 147 Å². The van der Waals surface area contributed by atoms with Gasteiger partial charge in [0.05, 0.1) is 5.69 Å². The molecule has 1 aromatic heterocycles. The van der Waals surface area contributed by atoms with E-state index in [2.05, 4.69) is 158 Å². The SMILES string of the molecule is CC1(C)c2ccccc2-c2ccc(C3C=CC(c4cc(-c5ccc(-c6ccccn6)cc5)c5ccc6cccc7ccc4c5c76)=CC3)cc21. The van der Waals surface area contributed by atoms with Gasteiger partial charge in [-0.25, -0.2) is 0 Å². The van der Waals surface area contributed by atoms with Gasteiger partial charge >= 0.3 is 0 Å². The normalized spacial score (nSPS) is 16.3. The van der Waals surface area contributed by atoms with E-state index in [9.17, 15) is 0 Å². The lowest BCUT2D eigenvalue weighted by Gasteiger charge is -2.24. The van der Waals surface area contributed by atoms with E-state index in [0.29, 0.717) is 5.92 Å². The van der Waals surface area contributed by atoms with Gasteiger partial charge in [0.1, 0.15) is 0 Å². The molecule has 0 amide bonds. The fourth-order valence-corrected chi connectivity index (χ4v) is 8.68. The number of rotatable bonds is 4. The Morgan fingerprint density at radius 2 is 1.31 bits per heavy atom. The molecule has 1 heteroatoms. The second kappa shape index (κ2) is 10.6. The van der Waals surface area contributed by atoms with Gasteiger partial charge in [-0.05, 0) is 107 Å².